The summed E-state index contributed by atoms with van der Waals surface area (Å²) in [4.78, 5) is 12.2. The van der Waals surface area contributed by atoms with Crippen LogP contribution in [0.5, 0.6) is 0 Å². The third-order valence-corrected chi connectivity index (χ3v) is 6.35. The van der Waals surface area contributed by atoms with Gasteiger partial charge in [-0.3, -0.25) is 4.79 Å². The zero-order valence-electron chi connectivity index (χ0n) is 14.2. The smallest absolute Gasteiger partial charge is 0.223 e. The molecule has 140 valence electrons. The summed E-state index contributed by atoms with van der Waals surface area (Å²) in [5.74, 6) is -0.174. The van der Waals surface area contributed by atoms with Crippen LogP contribution in [0, 0.1) is 11.7 Å². The number of hydrogen-bond donors (Lipinski definition) is 1. The van der Waals surface area contributed by atoms with Crippen molar-refractivity contribution in [2.45, 2.75) is 25.1 Å². The summed E-state index contributed by atoms with van der Waals surface area (Å²) in [6.45, 7) is 0.944. The second-order valence-corrected chi connectivity index (χ2v) is 8.32. The minimum absolute atomic E-state index is 0.0861. The van der Waals surface area contributed by atoms with Crippen LogP contribution in [0.4, 0.5) is 4.39 Å². The molecule has 0 bridgehead atoms. The molecule has 1 amide bonds. The topological polar surface area (TPSA) is 79.6 Å². The lowest BCUT2D eigenvalue weighted by Crippen LogP contribution is -2.43. The van der Waals surface area contributed by atoms with E-state index in [0.29, 0.717) is 43.8 Å². The second kappa shape index (κ2) is 8.01. The molecule has 6 nitrogen and oxygen atoms in total. The highest BCUT2D eigenvalue weighted by Gasteiger charge is 2.31. The number of sulfonamides is 1. The lowest BCUT2D eigenvalue weighted by Gasteiger charge is -2.30. The van der Waals surface area contributed by atoms with Gasteiger partial charge in [0.15, 0.2) is 0 Å². The molecule has 2 heterocycles. The van der Waals surface area contributed by atoms with Gasteiger partial charge in [-0.2, -0.15) is 0 Å². The van der Waals surface area contributed by atoms with Crippen LogP contribution in [-0.2, 0) is 27.1 Å². The molecule has 2 aromatic rings. The Bertz CT molecular complexity index is 827. The SMILES string of the molecule is O=C(NCc1ccco1)C1CCN(S(=O)(=O)Cc2ccc(F)cc2)CC1. The summed E-state index contributed by atoms with van der Waals surface area (Å²) < 4.78 is 44.6. The monoisotopic (exact) mass is 380 g/mol. The van der Waals surface area contributed by atoms with Gasteiger partial charge in [0.1, 0.15) is 11.6 Å². The van der Waals surface area contributed by atoms with E-state index in [9.17, 15) is 17.6 Å². The number of nitrogens with one attached hydrogen (secondary N) is 1. The van der Waals surface area contributed by atoms with Crippen molar-refractivity contribution in [3.05, 3.63) is 59.8 Å². The van der Waals surface area contributed by atoms with E-state index in [2.05, 4.69) is 5.32 Å². The van der Waals surface area contributed by atoms with E-state index in [-0.39, 0.29) is 17.6 Å². The van der Waals surface area contributed by atoms with E-state index >= 15 is 0 Å². The van der Waals surface area contributed by atoms with E-state index in [4.69, 9.17) is 4.42 Å². The Hall–Kier alpha value is -2.19. The molecule has 0 atom stereocenters. The molecular formula is C18H21FN2O4S. The van der Waals surface area contributed by atoms with Crippen molar-refractivity contribution in [2.24, 2.45) is 5.92 Å². The Morgan fingerprint density at radius 2 is 1.88 bits per heavy atom. The maximum Gasteiger partial charge on any atom is 0.223 e. The predicted molar refractivity (Wildman–Crippen MR) is 93.9 cm³/mol. The lowest BCUT2D eigenvalue weighted by molar-refractivity contribution is -0.126. The Balaban J connectivity index is 1.50. The van der Waals surface area contributed by atoms with Gasteiger partial charge >= 0.3 is 0 Å². The molecule has 1 aliphatic rings. The maximum absolute atomic E-state index is 12.9. The molecule has 0 saturated carbocycles. The quantitative estimate of drug-likeness (QED) is 0.834. The first-order chi connectivity index (χ1) is 12.4. The maximum atomic E-state index is 12.9. The van der Waals surface area contributed by atoms with Gasteiger partial charge in [-0.15, -0.1) is 0 Å². The van der Waals surface area contributed by atoms with Crippen molar-refractivity contribution in [1.29, 1.82) is 0 Å². The largest absolute Gasteiger partial charge is 0.467 e. The number of nitrogens with zero attached hydrogens (tertiary/aromatic N) is 1. The third-order valence-electron chi connectivity index (χ3n) is 4.50. The van der Waals surface area contributed by atoms with Gasteiger partial charge in [-0.1, -0.05) is 12.1 Å². The molecule has 0 radical (unpaired) electrons. The molecule has 1 aliphatic heterocycles. The first-order valence-electron chi connectivity index (χ1n) is 8.46. The number of benzene rings is 1. The highest BCUT2D eigenvalue weighted by Crippen LogP contribution is 2.22. The van der Waals surface area contributed by atoms with Crippen molar-refractivity contribution < 1.29 is 22.0 Å². The van der Waals surface area contributed by atoms with Crippen LogP contribution in [0.1, 0.15) is 24.2 Å². The summed E-state index contributed by atoms with van der Waals surface area (Å²) in [6, 6.07) is 8.99. The van der Waals surface area contributed by atoms with Crippen LogP contribution < -0.4 is 5.32 Å². The normalized spacial score (nSPS) is 16.5. The van der Waals surface area contributed by atoms with Crippen LogP contribution >= 0.6 is 0 Å². The summed E-state index contributed by atoms with van der Waals surface area (Å²) in [5.41, 5.74) is 0.546. The molecule has 0 aliphatic carbocycles. The van der Waals surface area contributed by atoms with Crippen molar-refractivity contribution in [3.63, 3.8) is 0 Å². The molecule has 0 unspecified atom stereocenters. The van der Waals surface area contributed by atoms with E-state index in [1.165, 1.54) is 28.6 Å². The number of carbonyl (C=O) groups excluding carboxylic acids is 1. The summed E-state index contributed by atoms with van der Waals surface area (Å²) in [7, 11) is -3.48. The Morgan fingerprint density at radius 1 is 1.19 bits per heavy atom. The fourth-order valence-electron chi connectivity index (χ4n) is 3.01. The van der Waals surface area contributed by atoms with Crippen molar-refractivity contribution in [2.75, 3.05) is 13.1 Å². The van der Waals surface area contributed by atoms with Crippen LogP contribution in [0.3, 0.4) is 0 Å². The van der Waals surface area contributed by atoms with Gasteiger partial charge in [0.2, 0.25) is 15.9 Å². The Kier molecular flexibility index (Phi) is 5.73. The fourth-order valence-corrected chi connectivity index (χ4v) is 4.57. The lowest BCUT2D eigenvalue weighted by atomic mass is 9.97. The van der Waals surface area contributed by atoms with Crippen LogP contribution in [0.2, 0.25) is 0 Å². The third kappa shape index (κ3) is 4.70. The highest BCUT2D eigenvalue weighted by atomic mass is 32.2. The van der Waals surface area contributed by atoms with E-state index in [0.717, 1.165) is 0 Å². The van der Waals surface area contributed by atoms with E-state index < -0.39 is 15.8 Å². The van der Waals surface area contributed by atoms with Crippen molar-refractivity contribution in [3.8, 4) is 0 Å². The van der Waals surface area contributed by atoms with Crippen molar-refractivity contribution >= 4 is 15.9 Å². The molecule has 26 heavy (non-hydrogen) atoms. The van der Waals surface area contributed by atoms with Crippen molar-refractivity contribution in [1.82, 2.24) is 9.62 Å². The molecule has 1 aromatic heterocycles. The zero-order valence-corrected chi connectivity index (χ0v) is 15.0. The number of piperidine rings is 1. The van der Waals surface area contributed by atoms with Gasteiger partial charge in [0, 0.05) is 19.0 Å². The van der Waals surface area contributed by atoms with Gasteiger partial charge in [0.25, 0.3) is 0 Å². The zero-order chi connectivity index (χ0) is 18.6. The number of carbonyl (C=O) groups is 1. The van der Waals surface area contributed by atoms with Gasteiger partial charge in [-0.05, 0) is 42.7 Å². The number of furan rings is 1. The summed E-state index contributed by atoms with van der Waals surface area (Å²) in [6.07, 6.45) is 2.51. The van der Waals surface area contributed by atoms with Crippen LogP contribution in [0.15, 0.2) is 47.1 Å². The Labute approximate surface area is 152 Å². The molecule has 0 spiro atoms. The molecule has 1 fully saturated rings. The minimum Gasteiger partial charge on any atom is -0.467 e. The van der Waals surface area contributed by atoms with Gasteiger partial charge in [-0.25, -0.2) is 17.1 Å². The average molecular weight is 380 g/mol. The number of rotatable bonds is 6. The average Bonchev–Trinajstić information content (AvgIpc) is 3.15. The molecule has 1 aromatic carbocycles. The Morgan fingerprint density at radius 3 is 2.50 bits per heavy atom. The van der Waals surface area contributed by atoms with E-state index in [1.807, 2.05) is 0 Å². The first-order valence-corrected chi connectivity index (χ1v) is 10.1. The highest BCUT2D eigenvalue weighted by molar-refractivity contribution is 7.88. The van der Waals surface area contributed by atoms with E-state index in [1.54, 1.807) is 18.4 Å². The second-order valence-electron chi connectivity index (χ2n) is 6.35. The fraction of sp³-hybridized carbons (Fsp3) is 0.389. The molecule has 1 N–H and O–H groups in total. The summed E-state index contributed by atoms with van der Waals surface area (Å²) in [5, 5.41) is 2.82. The van der Waals surface area contributed by atoms with Crippen LogP contribution in [0.25, 0.3) is 0 Å². The minimum atomic E-state index is -3.48. The van der Waals surface area contributed by atoms with Gasteiger partial charge < -0.3 is 9.73 Å². The summed E-state index contributed by atoms with van der Waals surface area (Å²) >= 11 is 0. The first kappa shape index (κ1) is 18.6. The van der Waals surface area contributed by atoms with Crippen LogP contribution in [-0.4, -0.2) is 31.7 Å². The number of halogens is 1. The van der Waals surface area contributed by atoms with Gasteiger partial charge in [0.05, 0.1) is 18.6 Å². The molecule has 8 heteroatoms. The molecule has 3 rings (SSSR count). The number of hydrogen-bond acceptors (Lipinski definition) is 4. The number of amides is 1. The molecular weight excluding hydrogens is 359 g/mol. The predicted octanol–water partition coefficient (Wildman–Crippen LogP) is 2.28. The molecule has 1 saturated heterocycles. The standard InChI is InChI=1S/C18H21FN2O4S/c19-16-5-3-14(4-6-16)13-26(23,24)21-9-7-15(8-10-21)18(22)20-12-17-2-1-11-25-17/h1-6,11,15H,7-10,12-13H2,(H,20,22).